The van der Waals surface area contributed by atoms with Crippen LogP contribution in [0.1, 0.15) is 49.6 Å². The maximum Gasteiger partial charge on any atom is 0.522 e. The standard InChI is InChI=1S/C20H26F4N4O4/c1-9-13-15(28(11-3-4-11)19(30)26-18(13)29)17(31-2)16(14(9)21)27-6-5-10(7-27)12(25)8-32-20(22,23)24/h10-12,16-17H,3-8,25H2,1-2H3,(H,26,29,30). The van der Waals surface area contributed by atoms with Crippen molar-refractivity contribution >= 4 is 5.57 Å². The van der Waals surface area contributed by atoms with Crippen LogP contribution in [0, 0.1) is 5.92 Å². The third-order valence-corrected chi connectivity index (χ3v) is 6.59. The Morgan fingerprint density at radius 2 is 1.94 bits per heavy atom. The molecule has 2 heterocycles. The monoisotopic (exact) mass is 462 g/mol. The van der Waals surface area contributed by atoms with Crippen LogP contribution in [-0.4, -0.2) is 59.7 Å². The van der Waals surface area contributed by atoms with Crippen LogP contribution in [-0.2, 0) is 9.47 Å². The first-order chi connectivity index (χ1) is 15.0. The van der Waals surface area contributed by atoms with E-state index in [0.29, 0.717) is 18.7 Å². The number of ether oxygens (including phenoxy) is 2. The summed E-state index contributed by atoms with van der Waals surface area (Å²) in [6.45, 7) is 1.42. The summed E-state index contributed by atoms with van der Waals surface area (Å²) in [7, 11) is 1.38. The average molecular weight is 462 g/mol. The number of aromatic amines is 1. The molecule has 1 saturated heterocycles. The Hall–Kier alpha value is -2.02. The molecule has 0 amide bonds. The first-order valence-electron chi connectivity index (χ1n) is 10.5. The number of nitrogens with zero attached hydrogens (tertiary/aromatic N) is 2. The molecule has 2 fully saturated rings. The quantitative estimate of drug-likeness (QED) is 0.626. The lowest BCUT2D eigenvalue weighted by Crippen LogP contribution is -2.47. The molecule has 0 spiro atoms. The number of nitrogens with two attached hydrogens (primary N) is 1. The molecule has 0 bridgehead atoms. The third-order valence-electron chi connectivity index (χ3n) is 6.59. The van der Waals surface area contributed by atoms with E-state index in [1.807, 2.05) is 0 Å². The smallest absolute Gasteiger partial charge is 0.373 e. The molecule has 3 N–H and O–H groups in total. The van der Waals surface area contributed by atoms with Crippen molar-refractivity contribution in [1.29, 1.82) is 0 Å². The molecule has 0 aromatic carbocycles. The highest BCUT2D eigenvalue weighted by Crippen LogP contribution is 2.45. The summed E-state index contributed by atoms with van der Waals surface area (Å²) in [6.07, 6.45) is -3.70. The Morgan fingerprint density at radius 3 is 2.53 bits per heavy atom. The summed E-state index contributed by atoms with van der Waals surface area (Å²) in [5.41, 5.74) is 5.27. The molecule has 4 atom stereocenters. The van der Waals surface area contributed by atoms with Crippen LogP contribution in [0.2, 0.25) is 0 Å². The Morgan fingerprint density at radius 1 is 1.25 bits per heavy atom. The van der Waals surface area contributed by atoms with Crippen molar-refractivity contribution in [2.45, 2.75) is 56.8 Å². The number of hydrogen-bond acceptors (Lipinski definition) is 6. The molecule has 2 aliphatic carbocycles. The molecule has 1 aromatic rings. The predicted molar refractivity (Wildman–Crippen MR) is 106 cm³/mol. The number of nitrogens with one attached hydrogen (secondary N) is 1. The van der Waals surface area contributed by atoms with Gasteiger partial charge in [-0.05, 0) is 44.2 Å². The molecule has 3 aliphatic rings. The largest absolute Gasteiger partial charge is 0.522 e. The van der Waals surface area contributed by atoms with Gasteiger partial charge in [0.15, 0.2) is 0 Å². The fourth-order valence-electron chi connectivity index (χ4n) is 4.86. The minimum atomic E-state index is -4.77. The van der Waals surface area contributed by atoms with Gasteiger partial charge in [0.25, 0.3) is 5.56 Å². The number of aromatic nitrogens is 2. The number of alkyl halides is 3. The highest BCUT2D eigenvalue weighted by atomic mass is 19.4. The maximum absolute atomic E-state index is 15.6. The summed E-state index contributed by atoms with van der Waals surface area (Å²) >= 11 is 0. The zero-order valence-corrected chi connectivity index (χ0v) is 17.7. The predicted octanol–water partition coefficient (Wildman–Crippen LogP) is 1.83. The van der Waals surface area contributed by atoms with Crippen LogP contribution < -0.4 is 17.0 Å². The zero-order chi connectivity index (χ0) is 23.4. The van der Waals surface area contributed by atoms with Crippen molar-refractivity contribution in [2.75, 3.05) is 26.8 Å². The number of allylic oxidation sites excluding steroid dienone is 1. The van der Waals surface area contributed by atoms with Gasteiger partial charge in [-0.3, -0.25) is 24.0 Å². The van der Waals surface area contributed by atoms with Crippen LogP contribution in [0.3, 0.4) is 0 Å². The molecule has 1 aromatic heterocycles. The van der Waals surface area contributed by atoms with Gasteiger partial charge >= 0.3 is 12.1 Å². The molecule has 1 aliphatic heterocycles. The average Bonchev–Trinajstić information content (AvgIpc) is 3.43. The molecular formula is C20H26F4N4O4. The first kappa shape index (κ1) is 23.1. The van der Waals surface area contributed by atoms with Gasteiger partial charge in [-0.2, -0.15) is 0 Å². The van der Waals surface area contributed by atoms with E-state index in [2.05, 4.69) is 9.72 Å². The lowest BCUT2D eigenvalue weighted by Gasteiger charge is -2.38. The minimum Gasteiger partial charge on any atom is -0.373 e. The van der Waals surface area contributed by atoms with Crippen molar-refractivity contribution in [1.82, 2.24) is 14.5 Å². The highest BCUT2D eigenvalue weighted by Gasteiger charge is 2.46. The van der Waals surface area contributed by atoms with Crippen LogP contribution in [0.25, 0.3) is 5.57 Å². The third kappa shape index (κ3) is 4.16. The summed E-state index contributed by atoms with van der Waals surface area (Å²) in [4.78, 5) is 29.2. The van der Waals surface area contributed by atoms with Crippen molar-refractivity contribution in [3.8, 4) is 0 Å². The van der Waals surface area contributed by atoms with E-state index in [0.717, 1.165) is 12.8 Å². The maximum atomic E-state index is 15.6. The van der Waals surface area contributed by atoms with E-state index in [1.165, 1.54) is 18.6 Å². The number of hydrogen-bond donors (Lipinski definition) is 2. The van der Waals surface area contributed by atoms with Crippen LogP contribution in [0.4, 0.5) is 17.6 Å². The van der Waals surface area contributed by atoms with Gasteiger partial charge < -0.3 is 10.5 Å². The van der Waals surface area contributed by atoms with Gasteiger partial charge in [-0.15, -0.1) is 13.2 Å². The Balaban J connectivity index is 1.65. The zero-order valence-electron chi connectivity index (χ0n) is 17.7. The van der Waals surface area contributed by atoms with Crippen molar-refractivity contribution in [3.63, 3.8) is 0 Å². The molecule has 1 saturated carbocycles. The van der Waals surface area contributed by atoms with Gasteiger partial charge in [0.05, 0.1) is 23.9 Å². The lowest BCUT2D eigenvalue weighted by atomic mass is 9.88. The second-order valence-corrected chi connectivity index (χ2v) is 8.66. The normalized spacial score (nSPS) is 27.7. The second kappa shape index (κ2) is 8.40. The fourth-order valence-corrected chi connectivity index (χ4v) is 4.86. The van der Waals surface area contributed by atoms with E-state index in [1.54, 1.807) is 4.90 Å². The number of fused-ring (bicyclic) bond motifs is 1. The second-order valence-electron chi connectivity index (χ2n) is 8.66. The molecule has 4 rings (SSSR count). The number of halogens is 4. The van der Waals surface area contributed by atoms with E-state index in [4.69, 9.17) is 10.5 Å². The van der Waals surface area contributed by atoms with E-state index in [-0.39, 0.29) is 29.6 Å². The highest BCUT2D eigenvalue weighted by molar-refractivity contribution is 5.70. The van der Waals surface area contributed by atoms with Crippen LogP contribution >= 0.6 is 0 Å². The van der Waals surface area contributed by atoms with Gasteiger partial charge in [0, 0.05) is 25.7 Å². The Labute approximate surface area is 181 Å². The van der Waals surface area contributed by atoms with E-state index in [9.17, 15) is 22.8 Å². The topological polar surface area (TPSA) is 103 Å². The van der Waals surface area contributed by atoms with Crippen molar-refractivity contribution < 1.29 is 27.0 Å². The number of rotatable bonds is 6. The van der Waals surface area contributed by atoms with Crippen LogP contribution in [0.15, 0.2) is 15.4 Å². The van der Waals surface area contributed by atoms with Gasteiger partial charge in [0.2, 0.25) is 0 Å². The number of methoxy groups -OCH3 is 1. The van der Waals surface area contributed by atoms with Gasteiger partial charge in [-0.1, -0.05) is 0 Å². The molecule has 8 nitrogen and oxygen atoms in total. The van der Waals surface area contributed by atoms with E-state index >= 15 is 4.39 Å². The summed E-state index contributed by atoms with van der Waals surface area (Å²) in [5.74, 6) is -0.897. The molecule has 4 unspecified atom stereocenters. The Bertz CT molecular complexity index is 1030. The number of H-pyrrole nitrogens is 1. The molecule has 12 heteroatoms. The van der Waals surface area contributed by atoms with Crippen molar-refractivity contribution in [2.24, 2.45) is 11.7 Å². The lowest BCUT2D eigenvalue weighted by molar-refractivity contribution is -0.326. The van der Waals surface area contributed by atoms with Gasteiger partial charge in [-0.25, -0.2) is 9.18 Å². The molecule has 178 valence electrons. The molecular weight excluding hydrogens is 436 g/mol. The fraction of sp³-hybridized carbons (Fsp3) is 0.700. The van der Waals surface area contributed by atoms with Crippen LogP contribution in [0.5, 0.6) is 0 Å². The number of likely N-dealkylation sites (tertiary alicyclic amines) is 1. The summed E-state index contributed by atoms with van der Waals surface area (Å²) < 4.78 is 63.7. The van der Waals surface area contributed by atoms with E-state index < -0.39 is 48.2 Å². The molecule has 0 radical (unpaired) electrons. The summed E-state index contributed by atoms with van der Waals surface area (Å²) in [6, 6.07) is -1.88. The first-order valence-corrected chi connectivity index (χ1v) is 10.5. The summed E-state index contributed by atoms with van der Waals surface area (Å²) in [5, 5.41) is 0. The van der Waals surface area contributed by atoms with Crippen molar-refractivity contribution in [3.05, 3.63) is 37.9 Å². The van der Waals surface area contributed by atoms with Gasteiger partial charge in [0.1, 0.15) is 11.9 Å². The SMILES string of the molecule is COC1c2c(c(=O)[nH]c(=O)n2C2CC2)C(C)=C(F)C1N1CCC(C(N)COC(F)(F)F)C1. The minimum absolute atomic E-state index is 0.0837. The Kier molecular flexibility index (Phi) is 6.07. The molecule has 32 heavy (non-hydrogen) atoms.